The van der Waals surface area contributed by atoms with Crippen LogP contribution in [0.4, 0.5) is 0 Å². The van der Waals surface area contributed by atoms with Crippen LogP contribution in [0, 0.1) is 5.92 Å². The Morgan fingerprint density at radius 2 is 2.25 bits per heavy atom. The Kier molecular flexibility index (Phi) is 8.11. The van der Waals surface area contributed by atoms with Crippen molar-refractivity contribution in [1.82, 2.24) is 15.1 Å². The van der Waals surface area contributed by atoms with Gasteiger partial charge in [0.1, 0.15) is 6.04 Å². The number of nitrogens with zero attached hydrogens (tertiary/aromatic N) is 2. The summed E-state index contributed by atoms with van der Waals surface area (Å²) < 4.78 is 5.15. The lowest BCUT2D eigenvalue weighted by atomic mass is 10.1. The molecular formula is C15H31N3O2. The van der Waals surface area contributed by atoms with Gasteiger partial charge in [-0.3, -0.25) is 4.79 Å². The standard InChI is InChI=1S/C15H31N3O2/c1-5-8-16-14(15(19)20-6-2)12-18(4)11-13-7-9-17(3)10-13/h13-14,16H,5-12H2,1-4H3. The number of hydrogen-bond donors (Lipinski definition) is 1. The number of rotatable bonds is 9. The topological polar surface area (TPSA) is 44.8 Å². The smallest absolute Gasteiger partial charge is 0.324 e. The predicted octanol–water partition coefficient (Wildman–Crippen LogP) is 0.801. The third-order valence-corrected chi connectivity index (χ3v) is 3.76. The van der Waals surface area contributed by atoms with Crippen molar-refractivity contribution < 1.29 is 9.53 Å². The minimum absolute atomic E-state index is 0.128. The zero-order valence-electron chi connectivity index (χ0n) is 13.5. The fourth-order valence-electron chi connectivity index (χ4n) is 2.79. The molecule has 5 nitrogen and oxygen atoms in total. The molecule has 0 aliphatic carbocycles. The van der Waals surface area contributed by atoms with E-state index in [-0.39, 0.29) is 12.0 Å². The second kappa shape index (κ2) is 9.32. The van der Waals surface area contributed by atoms with Crippen LogP contribution < -0.4 is 5.32 Å². The van der Waals surface area contributed by atoms with Crippen molar-refractivity contribution in [3.8, 4) is 0 Å². The molecule has 0 amide bonds. The van der Waals surface area contributed by atoms with Crippen LogP contribution in [0.15, 0.2) is 0 Å². The van der Waals surface area contributed by atoms with Gasteiger partial charge in [-0.2, -0.15) is 0 Å². The average molecular weight is 285 g/mol. The van der Waals surface area contributed by atoms with Crippen LogP contribution in [0.5, 0.6) is 0 Å². The van der Waals surface area contributed by atoms with Gasteiger partial charge in [0, 0.05) is 19.6 Å². The van der Waals surface area contributed by atoms with Crippen LogP contribution in [0.1, 0.15) is 26.7 Å². The Hall–Kier alpha value is -0.650. The van der Waals surface area contributed by atoms with E-state index in [0.29, 0.717) is 6.61 Å². The Morgan fingerprint density at radius 3 is 2.80 bits per heavy atom. The lowest BCUT2D eigenvalue weighted by Gasteiger charge is -2.25. The molecule has 2 atom stereocenters. The Morgan fingerprint density at radius 1 is 1.50 bits per heavy atom. The number of likely N-dealkylation sites (tertiary alicyclic amines) is 1. The molecule has 0 bridgehead atoms. The van der Waals surface area contributed by atoms with Crippen LogP contribution >= 0.6 is 0 Å². The van der Waals surface area contributed by atoms with E-state index in [2.05, 4.69) is 36.1 Å². The minimum Gasteiger partial charge on any atom is -0.465 e. The third-order valence-electron chi connectivity index (χ3n) is 3.76. The van der Waals surface area contributed by atoms with Crippen molar-refractivity contribution in [3.63, 3.8) is 0 Å². The lowest BCUT2D eigenvalue weighted by Crippen LogP contribution is -2.47. The average Bonchev–Trinajstić information content (AvgIpc) is 2.80. The normalized spacial score (nSPS) is 21.4. The number of carbonyl (C=O) groups excluding carboxylic acids is 1. The molecular weight excluding hydrogens is 254 g/mol. The summed E-state index contributed by atoms with van der Waals surface area (Å²) in [5.41, 5.74) is 0. The summed E-state index contributed by atoms with van der Waals surface area (Å²) in [6.45, 7) is 9.38. The van der Waals surface area contributed by atoms with Crippen LogP contribution in [0.2, 0.25) is 0 Å². The monoisotopic (exact) mass is 285 g/mol. The van der Waals surface area contributed by atoms with Gasteiger partial charge in [-0.05, 0) is 52.9 Å². The second-order valence-corrected chi connectivity index (χ2v) is 5.90. The number of carbonyl (C=O) groups is 1. The summed E-state index contributed by atoms with van der Waals surface area (Å²) in [6, 6.07) is -0.209. The van der Waals surface area contributed by atoms with E-state index in [1.807, 2.05) is 6.92 Å². The SMILES string of the molecule is CCCNC(CN(C)CC1CCN(C)C1)C(=O)OCC. The molecule has 0 aromatic carbocycles. The molecule has 5 heteroatoms. The first kappa shape index (κ1) is 17.4. The minimum atomic E-state index is -0.209. The van der Waals surface area contributed by atoms with Gasteiger partial charge >= 0.3 is 5.97 Å². The van der Waals surface area contributed by atoms with Crippen molar-refractivity contribution in [1.29, 1.82) is 0 Å². The molecule has 0 spiro atoms. The highest BCUT2D eigenvalue weighted by Gasteiger charge is 2.24. The summed E-state index contributed by atoms with van der Waals surface area (Å²) in [5.74, 6) is 0.593. The number of esters is 1. The fraction of sp³-hybridized carbons (Fsp3) is 0.933. The molecule has 0 radical (unpaired) electrons. The van der Waals surface area contributed by atoms with Crippen molar-refractivity contribution in [2.45, 2.75) is 32.7 Å². The molecule has 1 heterocycles. The first-order valence-corrected chi connectivity index (χ1v) is 7.83. The molecule has 0 aromatic rings. The molecule has 1 N–H and O–H groups in total. The zero-order valence-corrected chi connectivity index (χ0v) is 13.5. The molecule has 1 fully saturated rings. The van der Waals surface area contributed by atoms with Crippen molar-refractivity contribution in [2.24, 2.45) is 5.92 Å². The first-order chi connectivity index (χ1) is 9.56. The van der Waals surface area contributed by atoms with E-state index in [1.54, 1.807) is 0 Å². The van der Waals surface area contributed by atoms with Crippen LogP contribution in [-0.2, 0) is 9.53 Å². The van der Waals surface area contributed by atoms with Crippen LogP contribution in [0.3, 0.4) is 0 Å². The maximum Gasteiger partial charge on any atom is 0.324 e. The van der Waals surface area contributed by atoms with Gasteiger partial charge in [0.15, 0.2) is 0 Å². The first-order valence-electron chi connectivity index (χ1n) is 7.83. The van der Waals surface area contributed by atoms with Gasteiger partial charge in [-0.25, -0.2) is 0 Å². The summed E-state index contributed by atoms with van der Waals surface area (Å²) in [6.07, 6.45) is 2.28. The van der Waals surface area contributed by atoms with E-state index in [9.17, 15) is 4.79 Å². The molecule has 0 saturated carbocycles. The molecule has 20 heavy (non-hydrogen) atoms. The molecule has 1 aliphatic heterocycles. The summed E-state index contributed by atoms with van der Waals surface area (Å²) in [4.78, 5) is 16.6. The highest BCUT2D eigenvalue weighted by atomic mass is 16.5. The zero-order chi connectivity index (χ0) is 15.0. The highest BCUT2D eigenvalue weighted by molar-refractivity contribution is 5.76. The van der Waals surface area contributed by atoms with Crippen molar-refractivity contribution in [3.05, 3.63) is 0 Å². The summed E-state index contributed by atoms with van der Waals surface area (Å²) in [7, 11) is 4.27. The number of hydrogen-bond acceptors (Lipinski definition) is 5. The van der Waals surface area contributed by atoms with Gasteiger partial charge in [0.05, 0.1) is 6.61 Å². The maximum absolute atomic E-state index is 12.0. The van der Waals surface area contributed by atoms with E-state index in [0.717, 1.165) is 38.5 Å². The number of ether oxygens (including phenoxy) is 1. The fourth-order valence-corrected chi connectivity index (χ4v) is 2.79. The molecule has 1 saturated heterocycles. The largest absolute Gasteiger partial charge is 0.465 e. The summed E-state index contributed by atoms with van der Waals surface area (Å²) in [5, 5.41) is 3.29. The van der Waals surface area contributed by atoms with Crippen molar-refractivity contribution >= 4 is 5.97 Å². The second-order valence-electron chi connectivity index (χ2n) is 5.90. The molecule has 0 aromatic heterocycles. The maximum atomic E-state index is 12.0. The van der Waals surface area contributed by atoms with Gasteiger partial charge in [0.25, 0.3) is 0 Å². The lowest BCUT2D eigenvalue weighted by molar-refractivity contribution is -0.146. The van der Waals surface area contributed by atoms with Crippen LogP contribution in [0.25, 0.3) is 0 Å². The number of nitrogens with one attached hydrogen (secondary N) is 1. The molecule has 2 unspecified atom stereocenters. The highest BCUT2D eigenvalue weighted by Crippen LogP contribution is 2.15. The van der Waals surface area contributed by atoms with Gasteiger partial charge in [-0.1, -0.05) is 6.92 Å². The van der Waals surface area contributed by atoms with Gasteiger partial charge in [-0.15, -0.1) is 0 Å². The number of likely N-dealkylation sites (N-methyl/N-ethyl adjacent to an activating group) is 1. The quantitative estimate of drug-likeness (QED) is 0.635. The Labute approximate surface area is 123 Å². The predicted molar refractivity (Wildman–Crippen MR) is 81.8 cm³/mol. The molecule has 1 rings (SSSR count). The van der Waals surface area contributed by atoms with E-state index < -0.39 is 0 Å². The Bertz CT molecular complexity index is 286. The molecule has 118 valence electrons. The van der Waals surface area contributed by atoms with E-state index in [4.69, 9.17) is 4.74 Å². The van der Waals surface area contributed by atoms with Crippen LogP contribution in [-0.4, -0.2) is 75.2 Å². The Balaban J connectivity index is 2.39. The van der Waals surface area contributed by atoms with E-state index >= 15 is 0 Å². The van der Waals surface area contributed by atoms with E-state index in [1.165, 1.54) is 13.0 Å². The van der Waals surface area contributed by atoms with Gasteiger partial charge < -0.3 is 19.9 Å². The summed E-state index contributed by atoms with van der Waals surface area (Å²) >= 11 is 0. The van der Waals surface area contributed by atoms with Crippen molar-refractivity contribution in [2.75, 3.05) is 53.4 Å². The molecule has 1 aliphatic rings. The van der Waals surface area contributed by atoms with Gasteiger partial charge in [0.2, 0.25) is 0 Å². The third kappa shape index (κ3) is 6.20.